The van der Waals surface area contributed by atoms with Crippen molar-refractivity contribution in [3.8, 4) is 11.3 Å². The Morgan fingerprint density at radius 2 is 1.22 bits per heavy atom. The van der Waals surface area contributed by atoms with Gasteiger partial charge in [-0.15, -0.1) is 0 Å². The Hall–Kier alpha value is -2.61. The predicted octanol–water partition coefficient (Wildman–Crippen LogP) is 8.25. The predicted molar refractivity (Wildman–Crippen MR) is 140 cm³/mol. The Morgan fingerprint density at radius 3 is 1.72 bits per heavy atom. The van der Waals surface area contributed by atoms with Crippen molar-refractivity contribution in [1.29, 1.82) is 0 Å². The van der Waals surface area contributed by atoms with Crippen LogP contribution >= 0.6 is 0 Å². The van der Waals surface area contributed by atoms with Gasteiger partial charge < -0.3 is 5.32 Å². The molecule has 0 amide bonds. The van der Waals surface area contributed by atoms with Crippen LogP contribution < -0.4 is 5.32 Å². The number of nitrogens with zero attached hydrogens (tertiary/aromatic N) is 1. The molecule has 1 aromatic heterocycles. The third kappa shape index (κ3) is 5.59. The van der Waals surface area contributed by atoms with Crippen LogP contribution in [0.25, 0.3) is 11.3 Å². The number of hydrogen-bond acceptors (Lipinski definition) is 2. The van der Waals surface area contributed by atoms with E-state index in [9.17, 15) is 0 Å². The maximum absolute atomic E-state index is 4.94. The SMILES string of the molecule is CC(C)(C)c1cc(C(C)(C)C)c(NCc2cccc(-c3ccccc3)n2)c(C(C)(C)C)c1. The van der Waals surface area contributed by atoms with Crippen molar-refractivity contribution in [3.05, 3.63) is 83.0 Å². The molecular weight excluding hydrogens is 388 g/mol. The van der Waals surface area contributed by atoms with Gasteiger partial charge in [-0.3, -0.25) is 4.98 Å². The van der Waals surface area contributed by atoms with E-state index in [1.807, 2.05) is 6.07 Å². The molecule has 0 saturated heterocycles. The van der Waals surface area contributed by atoms with E-state index >= 15 is 0 Å². The molecule has 0 aliphatic carbocycles. The monoisotopic (exact) mass is 428 g/mol. The summed E-state index contributed by atoms with van der Waals surface area (Å²) in [6, 6.07) is 21.5. The first-order valence-electron chi connectivity index (χ1n) is 11.7. The average molecular weight is 429 g/mol. The van der Waals surface area contributed by atoms with Crippen LogP contribution in [0.5, 0.6) is 0 Å². The molecule has 0 unspecified atom stereocenters. The molecule has 0 atom stereocenters. The summed E-state index contributed by atoms with van der Waals surface area (Å²) in [7, 11) is 0. The number of hydrogen-bond donors (Lipinski definition) is 1. The van der Waals surface area contributed by atoms with Crippen LogP contribution in [0.15, 0.2) is 60.7 Å². The molecule has 2 nitrogen and oxygen atoms in total. The standard InChI is InChI=1S/C30H40N2/c1-28(2,3)22-18-24(29(4,5)6)27(25(19-22)30(7,8)9)31-20-23-16-13-17-26(32-23)21-14-11-10-12-15-21/h10-19,31H,20H2,1-9H3. The fourth-order valence-corrected chi connectivity index (χ4v) is 3.98. The molecule has 3 rings (SSSR count). The fourth-order valence-electron chi connectivity index (χ4n) is 3.98. The molecule has 0 aliphatic rings. The molecular formula is C30H40N2. The molecule has 0 radical (unpaired) electrons. The van der Waals surface area contributed by atoms with Gasteiger partial charge in [0.15, 0.2) is 0 Å². The van der Waals surface area contributed by atoms with E-state index in [2.05, 4.69) is 122 Å². The normalized spacial score (nSPS) is 12.7. The maximum atomic E-state index is 4.94. The minimum atomic E-state index is 0.0307. The topological polar surface area (TPSA) is 24.9 Å². The molecule has 0 bridgehead atoms. The summed E-state index contributed by atoms with van der Waals surface area (Å²) in [5.41, 5.74) is 8.76. The number of nitrogens with one attached hydrogen (secondary N) is 1. The Bertz CT molecular complexity index is 1020. The third-order valence-electron chi connectivity index (χ3n) is 5.94. The summed E-state index contributed by atoms with van der Waals surface area (Å²) in [5, 5.41) is 3.81. The van der Waals surface area contributed by atoms with Gasteiger partial charge in [-0.05, 0) is 45.1 Å². The summed E-state index contributed by atoms with van der Waals surface area (Å²) in [5.74, 6) is 0. The number of aromatic nitrogens is 1. The Kier molecular flexibility index (Phi) is 6.56. The number of anilines is 1. The van der Waals surface area contributed by atoms with E-state index in [-0.39, 0.29) is 16.2 Å². The van der Waals surface area contributed by atoms with E-state index in [4.69, 9.17) is 4.98 Å². The first-order valence-corrected chi connectivity index (χ1v) is 11.7. The van der Waals surface area contributed by atoms with Gasteiger partial charge >= 0.3 is 0 Å². The second-order valence-corrected chi connectivity index (χ2v) is 11.9. The zero-order valence-corrected chi connectivity index (χ0v) is 21.4. The van der Waals surface area contributed by atoms with Gasteiger partial charge in [-0.25, -0.2) is 0 Å². The first kappa shape index (κ1) is 24.0. The van der Waals surface area contributed by atoms with Gasteiger partial charge in [0.05, 0.1) is 17.9 Å². The summed E-state index contributed by atoms with van der Waals surface area (Å²) in [6.45, 7) is 21.4. The van der Waals surface area contributed by atoms with E-state index in [1.165, 1.54) is 22.4 Å². The molecule has 32 heavy (non-hydrogen) atoms. The smallest absolute Gasteiger partial charge is 0.0706 e. The molecule has 0 saturated carbocycles. The van der Waals surface area contributed by atoms with Gasteiger partial charge in [0.2, 0.25) is 0 Å². The third-order valence-corrected chi connectivity index (χ3v) is 5.94. The van der Waals surface area contributed by atoms with Crippen molar-refractivity contribution in [2.24, 2.45) is 0 Å². The van der Waals surface area contributed by atoms with Crippen molar-refractivity contribution in [2.75, 3.05) is 5.32 Å². The van der Waals surface area contributed by atoms with Crippen LogP contribution in [0.1, 0.15) is 84.7 Å². The molecule has 2 aromatic carbocycles. The molecule has 1 N–H and O–H groups in total. The second-order valence-electron chi connectivity index (χ2n) is 11.9. The van der Waals surface area contributed by atoms with Crippen molar-refractivity contribution in [1.82, 2.24) is 4.98 Å². The number of benzene rings is 2. The largest absolute Gasteiger partial charge is 0.379 e. The zero-order valence-electron chi connectivity index (χ0n) is 21.4. The minimum absolute atomic E-state index is 0.0307. The highest BCUT2D eigenvalue weighted by Gasteiger charge is 2.29. The molecule has 1 heterocycles. The lowest BCUT2D eigenvalue weighted by Crippen LogP contribution is -2.24. The van der Waals surface area contributed by atoms with Gasteiger partial charge in [0.1, 0.15) is 0 Å². The lowest BCUT2D eigenvalue weighted by molar-refractivity contribution is 0.550. The summed E-state index contributed by atoms with van der Waals surface area (Å²) in [6.07, 6.45) is 0. The lowest BCUT2D eigenvalue weighted by atomic mass is 9.74. The highest BCUT2D eigenvalue weighted by molar-refractivity contribution is 5.65. The summed E-state index contributed by atoms with van der Waals surface area (Å²) >= 11 is 0. The molecule has 3 aromatic rings. The van der Waals surface area contributed by atoms with Crippen LogP contribution in [0.2, 0.25) is 0 Å². The van der Waals surface area contributed by atoms with Crippen molar-refractivity contribution < 1.29 is 0 Å². The van der Waals surface area contributed by atoms with Crippen LogP contribution in [0.4, 0.5) is 5.69 Å². The van der Waals surface area contributed by atoms with E-state index in [0.29, 0.717) is 6.54 Å². The average Bonchev–Trinajstić information content (AvgIpc) is 2.70. The number of pyridine rings is 1. The van der Waals surface area contributed by atoms with Crippen LogP contribution in [-0.2, 0) is 22.8 Å². The highest BCUT2D eigenvalue weighted by Crippen LogP contribution is 2.41. The Labute approximate surface area is 195 Å². The minimum Gasteiger partial charge on any atom is -0.379 e. The quantitative estimate of drug-likeness (QED) is 0.452. The summed E-state index contributed by atoms with van der Waals surface area (Å²) in [4.78, 5) is 4.94. The van der Waals surface area contributed by atoms with E-state index in [1.54, 1.807) is 0 Å². The van der Waals surface area contributed by atoms with Crippen molar-refractivity contribution >= 4 is 5.69 Å². The molecule has 0 aliphatic heterocycles. The molecule has 170 valence electrons. The molecule has 0 spiro atoms. The molecule has 0 fully saturated rings. The van der Waals surface area contributed by atoms with Crippen LogP contribution in [-0.4, -0.2) is 4.98 Å². The van der Waals surface area contributed by atoms with Gasteiger partial charge in [-0.2, -0.15) is 0 Å². The fraction of sp³-hybridized carbons (Fsp3) is 0.433. The first-order chi connectivity index (χ1) is 14.8. The lowest BCUT2D eigenvalue weighted by Gasteiger charge is -2.34. The Morgan fingerprint density at radius 1 is 0.656 bits per heavy atom. The number of rotatable bonds is 4. The second kappa shape index (κ2) is 8.73. The zero-order chi connectivity index (χ0) is 23.7. The maximum Gasteiger partial charge on any atom is 0.0706 e. The van der Waals surface area contributed by atoms with Crippen molar-refractivity contribution in [2.45, 2.75) is 85.1 Å². The van der Waals surface area contributed by atoms with Gasteiger partial charge in [0.25, 0.3) is 0 Å². The van der Waals surface area contributed by atoms with Gasteiger partial charge in [-0.1, -0.05) is 111 Å². The highest BCUT2D eigenvalue weighted by atomic mass is 14.9. The van der Waals surface area contributed by atoms with Crippen molar-refractivity contribution in [3.63, 3.8) is 0 Å². The Balaban J connectivity index is 2.04. The van der Waals surface area contributed by atoms with Crippen LogP contribution in [0, 0.1) is 0 Å². The van der Waals surface area contributed by atoms with E-state index < -0.39 is 0 Å². The van der Waals surface area contributed by atoms with Gasteiger partial charge in [0, 0.05) is 11.3 Å². The van der Waals surface area contributed by atoms with Crippen LogP contribution in [0.3, 0.4) is 0 Å². The summed E-state index contributed by atoms with van der Waals surface area (Å²) < 4.78 is 0. The molecule has 2 heteroatoms. The van der Waals surface area contributed by atoms with E-state index in [0.717, 1.165) is 17.0 Å².